The second-order valence-electron chi connectivity index (χ2n) is 7.79. The highest BCUT2D eigenvalue weighted by Gasteiger charge is 2.39. The number of carbonyl (C=O) groups is 1. The van der Waals surface area contributed by atoms with Gasteiger partial charge in [-0.25, -0.2) is 8.42 Å². The summed E-state index contributed by atoms with van der Waals surface area (Å²) in [5, 5.41) is 2.97. The maximum Gasteiger partial charge on any atom is 0.243 e. The van der Waals surface area contributed by atoms with E-state index in [0.717, 1.165) is 11.1 Å². The van der Waals surface area contributed by atoms with Gasteiger partial charge < -0.3 is 5.32 Å². The molecule has 1 aliphatic heterocycles. The van der Waals surface area contributed by atoms with Crippen molar-refractivity contribution in [3.8, 4) is 0 Å². The molecule has 31 heavy (non-hydrogen) atoms. The van der Waals surface area contributed by atoms with Crippen LogP contribution in [-0.2, 0) is 21.4 Å². The Hall–Kier alpha value is -2.96. The van der Waals surface area contributed by atoms with Crippen LogP contribution < -0.4 is 5.32 Å². The van der Waals surface area contributed by atoms with Crippen LogP contribution in [-0.4, -0.2) is 25.2 Å². The van der Waals surface area contributed by atoms with Crippen molar-refractivity contribution in [2.75, 3.05) is 6.54 Å². The van der Waals surface area contributed by atoms with Gasteiger partial charge in [-0.3, -0.25) is 4.79 Å². The first kappa shape index (κ1) is 21.3. The Kier molecular flexibility index (Phi) is 6.49. The van der Waals surface area contributed by atoms with E-state index in [0.29, 0.717) is 19.4 Å². The Morgan fingerprint density at radius 3 is 2.06 bits per heavy atom. The lowest BCUT2D eigenvalue weighted by molar-refractivity contribution is -0.126. The van der Waals surface area contributed by atoms with Crippen molar-refractivity contribution >= 4 is 15.9 Å². The van der Waals surface area contributed by atoms with Crippen molar-refractivity contribution in [1.82, 2.24) is 9.62 Å². The van der Waals surface area contributed by atoms with Gasteiger partial charge in [0.2, 0.25) is 15.9 Å². The predicted molar refractivity (Wildman–Crippen MR) is 121 cm³/mol. The molecule has 0 unspecified atom stereocenters. The zero-order valence-electron chi connectivity index (χ0n) is 17.2. The maximum atomic E-state index is 13.5. The number of carbonyl (C=O) groups excluding carboxylic acids is 1. The van der Waals surface area contributed by atoms with E-state index in [1.54, 1.807) is 30.3 Å². The molecule has 0 bridgehead atoms. The van der Waals surface area contributed by atoms with E-state index >= 15 is 0 Å². The molecule has 1 saturated heterocycles. The molecule has 0 spiro atoms. The lowest BCUT2D eigenvalue weighted by atomic mass is 9.90. The zero-order valence-corrected chi connectivity index (χ0v) is 18.0. The Morgan fingerprint density at radius 1 is 0.839 bits per heavy atom. The molecular weight excluding hydrogens is 408 g/mol. The van der Waals surface area contributed by atoms with Gasteiger partial charge in [0.05, 0.1) is 16.9 Å². The topological polar surface area (TPSA) is 66.5 Å². The van der Waals surface area contributed by atoms with Crippen LogP contribution in [0.2, 0.25) is 0 Å². The first-order chi connectivity index (χ1) is 15.1. The zero-order chi connectivity index (χ0) is 21.7. The summed E-state index contributed by atoms with van der Waals surface area (Å²) in [5.74, 6) is -0.495. The quantitative estimate of drug-likeness (QED) is 0.634. The molecular formula is C25H26N2O3S. The van der Waals surface area contributed by atoms with E-state index < -0.39 is 10.0 Å². The predicted octanol–water partition coefficient (Wildman–Crippen LogP) is 4.15. The van der Waals surface area contributed by atoms with E-state index in [4.69, 9.17) is 0 Å². The van der Waals surface area contributed by atoms with Crippen molar-refractivity contribution in [2.45, 2.75) is 30.3 Å². The molecule has 3 aromatic rings. The smallest absolute Gasteiger partial charge is 0.243 e. The fourth-order valence-corrected chi connectivity index (χ4v) is 5.79. The Morgan fingerprint density at radius 2 is 1.42 bits per heavy atom. The third kappa shape index (κ3) is 4.86. The van der Waals surface area contributed by atoms with Crippen LogP contribution in [0.1, 0.15) is 30.0 Å². The summed E-state index contributed by atoms with van der Waals surface area (Å²) < 4.78 is 28.5. The number of sulfonamides is 1. The first-order valence-corrected chi connectivity index (χ1v) is 11.9. The number of benzene rings is 3. The summed E-state index contributed by atoms with van der Waals surface area (Å²) in [6, 6.07) is 27.5. The molecule has 160 valence electrons. The monoisotopic (exact) mass is 434 g/mol. The molecule has 0 radical (unpaired) electrons. The van der Waals surface area contributed by atoms with Gasteiger partial charge in [0.1, 0.15) is 0 Å². The molecule has 2 atom stereocenters. The van der Waals surface area contributed by atoms with Gasteiger partial charge in [-0.1, -0.05) is 78.9 Å². The molecule has 4 rings (SSSR count). The number of nitrogens with one attached hydrogen (secondary N) is 1. The third-order valence-electron chi connectivity index (χ3n) is 5.75. The van der Waals surface area contributed by atoms with Crippen molar-refractivity contribution in [3.05, 3.63) is 102 Å². The van der Waals surface area contributed by atoms with Gasteiger partial charge in [-0.05, 0) is 36.1 Å². The average Bonchev–Trinajstić information content (AvgIpc) is 2.84. The van der Waals surface area contributed by atoms with Crippen LogP contribution >= 0.6 is 0 Å². The fourth-order valence-electron chi connectivity index (χ4n) is 4.08. The molecule has 0 aromatic heterocycles. The molecule has 1 heterocycles. The van der Waals surface area contributed by atoms with Gasteiger partial charge in [0.15, 0.2) is 0 Å². The Bertz CT molecular complexity index is 1100. The normalized spacial score (nSPS) is 19.6. The molecule has 0 aliphatic carbocycles. The molecule has 3 aromatic carbocycles. The van der Waals surface area contributed by atoms with Gasteiger partial charge in [0, 0.05) is 13.1 Å². The standard InChI is InChI=1S/C25H26N2O3S/c28-25(26-18-20-10-4-1-5-11-20)22-16-17-24(21-12-6-2-7-13-21)27(19-22)31(29,30)23-14-8-3-9-15-23/h1-15,22,24H,16-19H2,(H,26,28)/t22-,24-/m1/s1. The molecule has 1 amide bonds. The summed E-state index contributed by atoms with van der Waals surface area (Å²) in [6.07, 6.45) is 1.24. The number of piperidine rings is 1. The Labute approximate surface area is 183 Å². The van der Waals surface area contributed by atoms with Crippen LogP contribution in [0, 0.1) is 5.92 Å². The van der Waals surface area contributed by atoms with Crippen LogP contribution in [0.4, 0.5) is 0 Å². The van der Waals surface area contributed by atoms with Gasteiger partial charge >= 0.3 is 0 Å². The van der Waals surface area contributed by atoms with Gasteiger partial charge in [0.25, 0.3) is 0 Å². The van der Waals surface area contributed by atoms with Gasteiger partial charge in [-0.2, -0.15) is 4.31 Å². The highest BCUT2D eigenvalue weighted by Crippen LogP contribution is 2.37. The largest absolute Gasteiger partial charge is 0.352 e. The third-order valence-corrected chi connectivity index (χ3v) is 7.64. The van der Waals surface area contributed by atoms with Crippen molar-refractivity contribution < 1.29 is 13.2 Å². The van der Waals surface area contributed by atoms with Crippen LogP contribution in [0.25, 0.3) is 0 Å². The second-order valence-corrected chi connectivity index (χ2v) is 9.68. The number of hydrogen-bond donors (Lipinski definition) is 1. The highest BCUT2D eigenvalue weighted by atomic mass is 32.2. The van der Waals surface area contributed by atoms with Gasteiger partial charge in [-0.15, -0.1) is 0 Å². The molecule has 1 aliphatic rings. The number of amides is 1. The van der Waals surface area contributed by atoms with E-state index in [1.807, 2.05) is 60.7 Å². The number of nitrogens with zero attached hydrogens (tertiary/aromatic N) is 1. The number of rotatable bonds is 6. The van der Waals surface area contributed by atoms with Crippen LogP contribution in [0.5, 0.6) is 0 Å². The lowest BCUT2D eigenvalue weighted by Gasteiger charge is -2.38. The Balaban J connectivity index is 1.57. The second kappa shape index (κ2) is 9.45. The SMILES string of the molecule is O=C(NCc1ccccc1)[C@@H]1CC[C@H](c2ccccc2)N(S(=O)(=O)c2ccccc2)C1. The molecule has 1 fully saturated rings. The van der Waals surface area contributed by atoms with Crippen molar-refractivity contribution in [2.24, 2.45) is 5.92 Å². The fraction of sp³-hybridized carbons (Fsp3) is 0.240. The maximum absolute atomic E-state index is 13.5. The van der Waals surface area contributed by atoms with Crippen molar-refractivity contribution in [3.63, 3.8) is 0 Å². The summed E-state index contributed by atoms with van der Waals surface area (Å²) in [5.41, 5.74) is 1.97. The van der Waals surface area contributed by atoms with E-state index in [2.05, 4.69) is 5.32 Å². The highest BCUT2D eigenvalue weighted by molar-refractivity contribution is 7.89. The van der Waals surface area contributed by atoms with E-state index in [1.165, 1.54) is 4.31 Å². The average molecular weight is 435 g/mol. The summed E-state index contributed by atoms with van der Waals surface area (Å²) >= 11 is 0. The lowest BCUT2D eigenvalue weighted by Crippen LogP contribution is -2.46. The number of hydrogen-bond acceptors (Lipinski definition) is 3. The first-order valence-electron chi connectivity index (χ1n) is 10.5. The van der Waals surface area contributed by atoms with Crippen LogP contribution in [0.15, 0.2) is 95.9 Å². The summed E-state index contributed by atoms with van der Waals surface area (Å²) in [7, 11) is -3.74. The van der Waals surface area contributed by atoms with Crippen LogP contribution in [0.3, 0.4) is 0 Å². The van der Waals surface area contributed by atoms with Crippen molar-refractivity contribution in [1.29, 1.82) is 0 Å². The molecule has 0 saturated carbocycles. The summed E-state index contributed by atoms with van der Waals surface area (Å²) in [4.78, 5) is 13.1. The minimum absolute atomic E-state index is 0.108. The molecule has 6 heteroatoms. The molecule has 1 N–H and O–H groups in total. The molecule has 5 nitrogen and oxygen atoms in total. The van der Waals surface area contributed by atoms with E-state index in [9.17, 15) is 13.2 Å². The van der Waals surface area contributed by atoms with E-state index in [-0.39, 0.29) is 29.3 Å². The minimum Gasteiger partial charge on any atom is -0.352 e. The minimum atomic E-state index is -3.74. The summed E-state index contributed by atoms with van der Waals surface area (Å²) in [6.45, 7) is 0.598.